The van der Waals surface area contributed by atoms with Crippen LogP contribution >= 0.6 is 10.6 Å². The van der Waals surface area contributed by atoms with Crippen LogP contribution in [0.5, 0.6) is 0 Å². The van der Waals surface area contributed by atoms with Crippen LogP contribution in [0.2, 0.25) is 0 Å². The number of hydrogen-bond donors (Lipinski definition) is 3. The zero-order chi connectivity index (χ0) is 23.2. The summed E-state index contributed by atoms with van der Waals surface area (Å²) in [6.45, 7) is 0. The lowest BCUT2D eigenvalue weighted by atomic mass is 9.94. The van der Waals surface area contributed by atoms with Crippen LogP contribution in [0.4, 0.5) is 19.3 Å². The standard InChI is InChI=1S/C22H19F2N3O4S/c1-32(30,31)18-9-12(11-25)5-6-15(18)20-19-16(7-8-17(19)28)27(22(29)26-20)14-4-2-3-13(10-14)21(23)24/h2-6,9-10,20-21,30-31H,7-8H2,1H3,(H,26,29)/t20-/m1/s1. The molecule has 32 heavy (non-hydrogen) atoms. The Morgan fingerprint density at radius 3 is 2.59 bits per heavy atom. The van der Waals surface area contributed by atoms with Crippen LogP contribution in [0.1, 0.15) is 42.0 Å². The number of carbonyl (C=O) groups is 2. The minimum Gasteiger partial charge on any atom is -0.326 e. The average Bonchev–Trinajstić information content (AvgIpc) is 3.13. The van der Waals surface area contributed by atoms with Gasteiger partial charge in [-0.3, -0.25) is 18.8 Å². The van der Waals surface area contributed by atoms with E-state index in [9.17, 15) is 32.7 Å². The summed E-state index contributed by atoms with van der Waals surface area (Å²) >= 11 is 0. The highest BCUT2D eigenvalue weighted by Crippen LogP contribution is 2.50. The predicted octanol–water partition coefficient (Wildman–Crippen LogP) is 5.12. The van der Waals surface area contributed by atoms with E-state index in [-0.39, 0.29) is 45.9 Å². The van der Waals surface area contributed by atoms with Crippen LogP contribution in [-0.2, 0) is 4.79 Å². The maximum atomic E-state index is 13.2. The van der Waals surface area contributed by atoms with E-state index in [0.717, 1.165) is 0 Å². The number of nitrogens with zero attached hydrogens (tertiary/aromatic N) is 2. The van der Waals surface area contributed by atoms with Gasteiger partial charge < -0.3 is 5.32 Å². The number of allylic oxidation sites excluding steroid dienone is 1. The molecule has 4 rings (SSSR count). The number of halogens is 2. The molecule has 10 heteroatoms. The first-order valence-electron chi connectivity index (χ1n) is 9.64. The van der Waals surface area contributed by atoms with E-state index in [1.54, 1.807) is 0 Å². The van der Waals surface area contributed by atoms with Crippen molar-refractivity contribution in [1.29, 1.82) is 5.26 Å². The van der Waals surface area contributed by atoms with E-state index in [4.69, 9.17) is 0 Å². The van der Waals surface area contributed by atoms with Crippen LogP contribution in [-0.4, -0.2) is 27.2 Å². The first-order chi connectivity index (χ1) is 15.1. The number of nitriles is 1. The third kappa shape index (κ3) is 3.75. The Labute approximate surface area is 184 Å². The average molecular weight is 459 g/mol. The monoisotopic (exact) mass is 459 g/mol. The summed E-state index contributed by atoms with van der Waals surface area (Å²) in [5.41, 5.74) is 1.10. The molecular weight excluding hydrogens is 440 g/mol. The second kappa shape index (κ2) is 8.02. The molecular formula is C22H19F2N3O4S. The van der Waals surface area contributed by atoms with E-state index in [0.29, 0.717) is 11.3 Å². The first kappa shape index (κ1) is 22.0. The highest BCUT2D eigenvalue weighted by Gasteiger charge is 2.42. The molecule has 0 saturated carbocycles. The molecule has 1 aliphatic carbocycles. The van der Waals surface area contributed by atoms with Gasteiger partial charge in [0.2, 0.25) is 0 Å². The molecule has 0 radical (unpaired) electrons. The van der Waals surface area contributed by atoms with Gasteiger partial charge in [0.1, 0.15) is 0 Å². The molecule has 2 aromatic carbocycles. The molecule has 1 aliphatic heterocycles. The van der Waals surface area contributed by atoms with Gasteiger partial charge >= 0.3 is 6.03 Å². The van der Waals surface area contributed by atoms with Crippen LogP contribution in [0, 0.1) is 11.3 Å². The van der Waals surface area contributed by atoms with Crippen molar-refractivity contribution in [3.63, 3.8) is 0 Å². The fourth-order valence-corrected chi connectivity index (χ4v) is 5.07. The van der Waals surface area contributed by atoms with Crippen molar-refractivity contribution >= 4 is 28.1 Å². The summed E-state index contributed by atoms with van der Waals surface area (Å²) in [6, 6.07) is 10.0. The Kier molecular flexibility index (Phi) is 5.50. The van der Waals surface area contributed by atoms with E-state index < -0.39 is 29.1 Å². The van der Waals surface area contributed by atoms with Gasteiger partial charge in [-0.15, -0.1) is 0 Å². The number of rotatable bonds is 4. The van der Waals surface area contributed by atoms with Crippen molar-refractivity contribution in [2.24, 2.45) is 0 Å². The van der Waals surface area contributed by atoms with Gasteiger partial charge in [0.05, 0.1) is 28.3 Å². The van der Waals surface area contributed by atoms with Gasteiger partial charge in [-0.2, -0.15) is 15.9 Å². The molecule has 7 nitrogen and oxygen atoms in total. The number of carbonyl (C=O) groups excluding carboxylic acids is 2. The summed E-state index contributed by atoms with van der Waals surface area (Å²) in [5.74, 6) is -0.233. The van der Waals surface area contributed by atoms with Gasteiger partial charge in [0.15, 0.2) is 5.78 Å². The molecule has 0 spiro atoms. The number of ketones is 1. The minimum absolute atomic E-state index is 0.0570. The van der Waals surface area contributed by atoms with Crippen molar-refractivity contribution in [3.05, 3.63) is 70.4 Å². The fourth-order valence-electron chi connectivity index (χ4n) is 4.09. The number of alkyl halides is 2. The Balaban J connectivity index is 1.87. The zero-order valence-corrected chi connectivity index (χ0v) is 17.7. The summed E-state index contributed by atoms with van der Waals surface area (Å²) in [7, 11) is -3.29. The summed E-state index contributed by atoms with van der Waals surface area (Å²) in [5, 5.41) is 11.9. The number of urea groups is 1. The first-order valence-corrected chi connectivity index (χ1v) is 11.6. The van der Waals surface area contributed by atoms with Crippen molar-refractivity contribution in [1.82, 2.24) is 5.32 Å². The number of benzene rings is 2. The lowest BCUT2D eigenvalue weighted by molar-refractivity contribution is -0.115. The maximum absolute atomic E-state index is 13.2. The van der Waals surface area contributed by atoms with Crippen LogP contribution < -0.4 is 10.2 Å². The molecule has 2 amide bonds. The summed E-state index contributed by atoms with van der Waals surface area (Å²) in [4.78, 5) is 27.2. The molecule has 166 valence electrons. The lowest BCUT2D eigenvalue weighted by Gasteiger charge is -2.37. The number of Topliss-reactive ketones (excluding diaryl/α,β-unsaturated/α-hetero) is 1. The van der Waals surface area contributed by atoms with Gasteiger partial charge in [-0.25, -0.2) is 13.6 Å². The summed E-state index contributed by atoms with van der Waals surface area (Å²) in [6.07, 6.45) is -1.14. The maximum Gasteiger partial charge on any atom is 0.327 e. The molecule has 0 bridgehead atoms. The number of hydrogen-bond acceptors (Lipinski definition) is 5. The number of amides is 2. The van der Waals surface area contributed by atoms with Crippen molar-refractivity contribution in [3.8, 4) is 6.07 Å². The molecule has 1 heterocycles. The Bertz CT molecular complexity index is 1200. The highest BCUT2D eigenvalue weighted by atomic mass is 32.3. The number of nitrogens with one attached hydrogen (secondary N) is 1. The van der Waals surface area contributed by atoms with E-state index in [2.05, 4.69) is 5.32 Å². The lowest BCUT2D eigenvalue weighted by Crippen LogP contribution is -2.47. The minimum atomic E-state index is -3.29. The Morgan fingerprint density at radius 1 is 1.19 bits per heavy atom. The second-order valence-electron chi connectivity index (χ2n) is 7.60. The normalized spacial score (nSPS) is 19.2. The van der Waals surface area contributed by atoms with Gasteiger partial charge in [0, 0.05) is 35.1 Å². The molecule has 2 aromatic rings. The van der Waals surface area contributed by atoms with Gasteiger partial charge in [0.25, 0.3) is 6.43 Å². The Morgan fingerprint density at radius 2 is 1.94 bits per heavy atom. The second-order valence-corrected chi connectivity index (χ2v) is 9.70. The molecule has 0 saturated heterocycles. The van der Waals surface area contributed by atoms with E-state index in [1.165, 1.54) is 53.6 Å². The quantitative estimate of drug-likeness (QED) is 0.587. The van der Waals surface area contributed by atoms with E-state index >= 15 is 0 Å². The van der Waals surface area contributed by atoms with Crippen molar-refractivity contribution in [2.75, 3.05) is 11.2 Å². The smallest absolute Gasteiger partial charge is 0.326 e. The fraction of sp³-hybridized carbons (Fsp3) is 0.227. The molecule has 0 unspecified atom stereocenters. The van der Waals surface area contributed by atoms with E-state index in [1.807, 2.05) is 6.07 Å². The van der Waals surface area contributed by atoms with Crippen LogP contribution in [0.15, 0.2) is 58.6 Å². The third-order valence-corrected chi connectivity index (χ3v) is 6.67. The molecule has 1 atom stereocenters. The summed E-state index contributed by atoms with van der Waals surface area (Å²) < 4.78 is 47.1. The molecule has 0 fully saturated rings. The SMILES string of the molecule is CS(O)(O)c1cc(C#N)ccc1[C@H]1NC(=O)N(c2cccc(C(F)F)c2)C2=C1C(=O)CC2. The largest absolute Gasteiger partial charge is 0.327 e. The molecule has 3 N–H and O–H groups in total. The Hall–Kier alpha value is -3.26. The van der Waals surface area contributed by atoms with Crippen molar-refractivity contribution < 1.29 is 27.5 Å². The van der Waals surface area contributed by atoms with Crippen molar-refractivity contribution in [2.45, 2.75) is 30.2 Å². The highest BCUT2D eigenvalue weighted by molar-refractivity contribution is 8.23. The third-order valence-electron chi connectivity index (χ3n) is 5.48. The zero-order valence-electron chi connectivity index (χ0n) is 16.9. The number of anilines is 1. The molecule has 2 aliphatic rings. The topological polar surface area (TPSA) is 114 Å². The van der Waals surface area contributed by atoms with Crippen LogP contribution in [0.3, 0.4) is 0 Å². The van der Waals surface area contributed by atoms with Gasteiger partial charge in [-0.05, 0) is 30.7 Å². The van der Waals surface area contributed by atoms with Crippen LogP contribution in [0.25, 0.3) is 0 Å². The predicted molar refractivity (Wildman–Crippen MR) is 115 cm³/mol. The van der Waals surface area contributed by atoms with Gasteiger partial charge in [-0.1, -0.05) is 18.2 Å². The molecule has 0 aromatic heterocycles.